The van der Waals surface area contributed by atoms with Crippen LogP contribution in [-0.4, -0.2) is 9.97 Å². The van der Waals surface area contributed by atoms with Crippen LogP contribution in [0.1, 0.15) is 11.1 Å². The standard InChI is InChI=1S/C18H16N2/c1-13-3-4-14(2)18(16-7-11-20-12-8-16)17(13)15-5-9-19-10-6-15/h3-12H,1-2H3. The number of hydrogen-bond acceptors (Lipinski definition) is 2. The molecule has 0 atom stereocenters. The van der Waals surface area contributed by atoms with Gasteiger partial charge in [0.15, 0.2) is 0 Å². The Morgan fingerprint density at radius 3 is 1.25 bits per heavy atom. The molecule has 3 aromatic rings. The van der Waals surface area contributed by atoms with Gasteiger partial charge >= 0.3 is 0 Å². The number of aromatic nitrogens is 2. The van der Waals surface area contributed by atoms with Gasteiger partial charge < -0.3 is 0 Å². The van der Waals surface area contributed by atoms with Crippen LogP contribution in [0.4, 0.5) is 0 Å². The van der Waals surface area contributed by atoms with Crippen LogP contribution in [0, 0.1) is 13.8 Å². The molecule has 20 heavy (non-hydrogen) atoms. The molecule has 0 saturated carbocycles. The molecule has 0 amide bonds. The van der Waals surface area contributed by atoms with Gasteiger partial charge in [0.1, 0.15) is 0 Å². The molecule has 0 bridgehead atoms. The number of rotatable bonds is 2. The molecule has 0 radical (unpaired) electrons. The summed E-state index contributed by atoms with van der Waals surface area (Å²) < 4.78 is 0. The van der Waals surface area contributed by atoms with Crippen molar-refractivity contribution in [2.75, 3.05) is 0 Å². The first-order valence-corrected chi connectivity index (χ1v) is 6.68. The molecular weight excluding hydrogens is 244 g/mol. The van der Waals surface area contributed by atoms with Crippen LogP contribution < -0.4 is 0 Å². The summed E-state index contributed by atoms with van der Waals surface area (Å²) in [6.07, 6.45) is 7.36. The normalized spacial score (nSPS) is 10.5. The first-order chi connectivity index (χ1) is 9.77. The highest BCUT2D eigenvalue weighted by Gasteiger charge is 2.12. The monoisotopic (exact) mass is 260 g/mol. The molecule has 2 aromatic heterocycles. The van der Waals surface area contributed by atoms with Crippen molar-refractivity contribution in [3.63, 3.8) is 0 Å². The highest BCUT2D eigenvalue weighted by atomic mass is 14.6. The highest BCUT2D eigenvalue weighted by Crippen LogP contribution is 2.36. The fourth-order valence-electron chi connectivity index (χ4n) is 2.59. The second kappa shape index (κ2) is 5.25. The van der Waals surface area contributed by atoms with Gasteiger partial charge in [0, 0.05) is 24.8 Å². The summed E-state index contributed by atoms with van der Waals surface area (Å²) >= 11 is 0. The lowest BCUT2D eigenvalue weighted by molar-refractivity contribution is 1.30. The van der Waals surface area contributed by atoms with E-state index in [1.165, 1.54) is 33.4 Å². The molecule has 0 N–H and O–H groups in total. The van der Waals surface area contributed by atoms with Crippen molar-refractivity contribution < 1.29 is 0 Å². The van der Waals surface area contributed by atoms with E-state index in [0.717, 1.165) is 0 Å². The molecule has 0 fully saturated rings. The summed E-state index contributed by atoms with van der Waals surface area (Å²) in [4.78, 5) is 8.23. The summed E-state index contributed by atoms with van der Waals surface area (Å²) in [6, 6.07) is 12.6. The summed E-state index contributed by atoms with van der Waals surface area (Å²) in [7, 11) is 0. The van der Waals surface area contributed by atoms with Gasteiger partial charge in [0.2, 0.25) is 0 Å². The molecule has 2 nitrogen and oxygen atoms in total. The Hall–Kier alpha value is -2.48. The van der Waals surface area contributed by atoms with E-state index in [-0.39, 0.29) is 0 Å². The number of benzene rings is 1. The highest BCUT2D eigenvalue weighted by molar-refractivity contribution is 5.87. The molecule has 0 unspecified atom stereocenters. The van der Waals surface area contributed by atoms with Gasteiger partial charge in [-0.15, -0.1) is 0 Å². The maximum absolute atomic E-state index is 4.12. The third kappa shape index (κ3) is 2.21. The molecule has 0 aliphatic carbocycles. The number of aryl methyl sites for hydroxylation is 2. The Morgan fingerprint density at radius 1 is 0.550 bits per heavy atom. The second-order valence-electron chi connectivity index (χ2n) is 4.92. The van der Waals surface area contributed by atoms with Crippen LogP contribution in [0.2, 0.25) is 0 Å². The van der Waals surface area contributed by atoms with E-state index >= 15 is 0 Å². The van der Waals surface area contributed by atoms with Crippen LogP contribution in [0.25, 0.3) is 22.3 Å². The lowest BCUT2D eigenvalue weighted by atomic mass is 9.89. The van der Waals surface area contributed by atoms with Crippen molar-refractivity contribution in [3.8, 4) is 22.3 Å². The van der Waals surface area contributed by atoms with E-state index in [0.29, 0.717) is 0 Å². The van der Waals surface area contributed by atoms with Crippen molar-refractivity contribution in [2.24, 2.45) is 0 Å². The summed E-state index contributed by atoms with van der Waals surface area (Å²) in [5.41, 5.74) is 7.50. The zero-order valence-electron chi connectivity index (χ0n) is 11.7. The van der Waals surface area contributed by atoms with Crippen LogP contribution >= 0.6 is 0 Å². The minimum atomic E-state index is 1.20. The summed E-state index contributed by atoms with van der Waals surface area (Å²) in [5.74, 6) is 0. The summed E-state index contributed by atoms with van der Waals surface area (Å²) in [6.45, 7) is 4.31. The van der Waals surface area contributed by atoms with Crippen LogP contribution in [0.15, 0.2) is 61.2 Å². The van der Waals surface area contributed by atoms with Crippen molar-refractivity contribution in [3.05, 3.63) is 72.3 Å². The van der Waals surface area contributed by atoms with E-state index in [1.54, 1.807) is 0 Å². The molecule has 0 aliphatic heterocycles. The van der Waals surface area contributed by atoms with E-state index in [4.69, 9.17) is 0 Å². The average Bonchev–Trinajstić information content (AvgIpc) is 2.51. The molecule has 1 aromatic carbocycles. The van der Waals surface area contributed by atoms with Crippen LogP contribution in [-0.2, 0) is 0 Å². The van der Waals surface area contributed by atoms with Gasteiger partial charge in [-0.1, -0.05) is 12.1 Å². The van der Waals surface area contributed by atoms with E-state index < -0.39 is 0 Å². The predicted molar refractivity (Wildman–Crippen MR) is 82.4 cm³/mol. The van der Waals surface area contributed by atoms with Crippen molar-refractivity contribution in [2.45, 2.75) is 13.8 Å². The van der Waals surface area contributed by atoms with E-state index in [9.17, 15) is 0 Å². The molecule has 0 spiro atoms. The quantitative estimate of drug-likeness (QED) is 0.681. The predicted octanol–water partition coefficient (Wildman–Crippen LogP) is 4.43. The maximum atomic E-state index is 4.12. The minimum absolute atomic E-state index is 1.20. The van der Waals surface area contributed by atoms with Gasteiger partial charge in [-0.2, -0.15) is 0 Å². The fraction of sp³-hybridized carbons (Fsp3) is 0.111. The smallest absolute Gasteiger partial charge is 0.0273 e. The lowest BCUT2D eigenvalue weighted by Gasteiger charge is -2.16. The molecule has 0 aliphatic rings. The molecular formula is C18H16N2. The Bertz CT molecular complexity index is 655. The number of pyridine rings is 2. The molecule has 98 valence electrons. The van der Waals surface area contributed by atoms with E-state index in [1.807, 2.05) is 24.8 Å². The zero-order chi connectivity index (χ0) is 13.9. The van der Waals surface area contributed by atoms with Crippen molar-refractivity contribution >= 4 is 0 Å². The third-order valence-corrected chi connectivity index (χ3v) is 3.56. The lowest BCUT2D eigenvalue weighted by Crippen LogP contribution is -1.93. The molecule has 2 heterocycles. The minimum Gasteiger partial charge on any atom is -0.265 e. The van der Waals surface area contributed by atoms with Gasteiger partial charge in [0.25, 0.3) is 0 Å². The first kappa shape index (κ1) is 12.5. The second-order valence-corrected chi connectivity index (χ2v) is 4.92. The Labute approximate surface area is 119 Å². The third-order valence-electron chi connectivity index (χ3n) is 3.56. The van der Waals surface area contributed by atoms with Crippen LogP contribution in [0.5, 0.6) is 0 Å². The number of hydrogen-bond donors (Lipinski definition) is 0. The van der Waals surface area contributed by atoms with E-state index in [2.05, 4.69) is 60.2 Å². The Morgan fingerprint density at radius 2 is 0.900 bits per heavy atom. The van der Waals surface area contributed by atoms with Crippen LogP contribution in [0.3, 0.4) is 0 Å². The molecule has 0 saturated heterocycles. The van der Waals surface area contributed by atoms with Gasteiger partial charge in [0.05, 0.1) is 0 Å². The van der Waals surface area contributed by atoms with Gasteiger partial charge in [-0.05, 0) is 71.5 Å². The SMILES string of the molecule is Cc1ccc(C)c(-c2ccncc2)c1-c1ccncc1. The Kier molecular flexibility index (Phi) is 3.30. The maximum Gasteiger partial charge on any atom is 0.0273 e. The Balaban J connectivity index is 2.32. The van der Waals surface area contributed by atoms with Crippen molar-refractivity contribution in [1.82, 2.24) is 9.97 Å². The first-order valence-electron chi connectivity index (χ1n) is 6.68. The number of nitrogens with zero attached hydrogens (tertiary/aromatic N) is 2. The van der Waals surface area contributed by atoms with Gasteiger partial charge in [-0.25, -0.2) is 0 Å². The average molecular weight is 260 g/mol. The molecule has 3 rings (SSSR count). The van der Waals surface area contributed by atoms with Gasteiger partial charge in [-0.3, -0.25) is 9.97 Å². The zero-order valence-corrected chi connectivity index (χ0v) is 11.7. The van der Waals surface area contributed by atoms with Crippen molar-refractivity contribution in [1.29, 1.82) is 0 Å². The topological polar surface area (TPSA) is 25.8 Å². The molecule has 2 heteroatoms. The largest absolute Gasteiger partial charge is 0.265 e. The summed E-state index contributed by atoms with van der Waals surface area (Å²) in [5, 5.41) is 0. The fourth-order valence-corrected chi connectivity index (χ4v) is 2.59.